The Morgan fingerprint density at radius 3 is 1.50 bits per heavy atom. The Morgan fingerprint density at radius 2 is 1.07 bits per heavy atom. The van der Waals surface area contributed by atoms with Gasteiger partial charge in [-0.3, -0.25) is 4.90 Å². The molecule has 0 spiro atoms. The summed E-state index contributed by atoms with van der Waals surface area (Å²) < 4.78 is 63.5. The Labute approximate surface area is 247 Å². The molecule has 0 bridgehead atoms. The zero-order valence-electron chi connectivity index (χ0n) is 23.5. The van der Waals surface area contributed by atoms with Crippen LogP contribution < -0.4 is 0 Å². The van der Waals surface area contributed by atoms with Gasteiger partial charge in [-0.15, -0.1) is 3.71 Å². The molecule has 0 aliphatic heterocycles. The van der Waals surface area contributed by atoms with Crippen molar-refractivity contribution in [2.24, 2.45) is 0 Å². The third-order valence-corrected chi connectivity index (χ3v) is 10.0. The van der Waals surface area contributed by atoms with Gasteiger partial charge in [-0.05, 0) is 62.2 Å². The lowest BCUT2D eigenvalue weighted by Gasteiger charge is -2.34. The molecule has 42 heavy (non-hydrogen) atoms. The predicted molar refractivity (Wildman–Crippen MR) is 162 cm³/mol. The van der Waals surface area contributed by atoms with Gasteiger partial charge in [0.15, 0.2) is 0 Å². The molecule has 0 aromatic heterocycles. The maximum Gasteiger partial charge on any atom is 0.416 e. The fourth-order valence-corrected chi connectivity index (χ4v) is 7.73. The van der Waals surface area contributed by atoms with Crippen LogP contribution in [0.3, 0.4) is 0 Å². The van der Waals surface area contributed by atoms with Gasteiger partial charge in [0.1, 0.15) is 11.4 Å². The second-order valence-electron chi connectivity index (χ2n) is 10.3. The molecule has 0 saturated heterocycles. The minimum absolute atomic E-state index is 0.181. The van der Waals surface area contributed by atoms with Crippen molar-refractivity contribution in [1.29, 1.82) is 0 Å². The van der Waals surface area contributed by atoms with Gasteiger partial charge in [-0.2, -0.15) is 16.8 Å². The van der Waals surface area contributed by atoms with Crippen molar-refractivity contribution < 1.29 is 26.4 Å². The van der Waals surface area contributed by atoms with Crippen LogP contribution in [0.4, 0.5) is 4.79 Å². The van der Waals surface area contributed by atoms with Crippen molar-refractivity contribution in [3.63, 3.8) is 0 Å². The Balaban J connectivity index is 2.07. The molecule has 0 radical (unpaired) electrons. The molecule has 0 unspecified atom stereocenters. The van der Waals surface area contributed by atoms with Gasteiger partial charge < -0.3 is 4.74 Å². The van der Waals surface area contributed by atoms with Crippen molar-refractivity contribution in [3.05, 3.63) is 138 Å². The highest BCUT2D eigenvalue weighted by Gasteiger charge is 2.42. The summed E-state index contributed by atoms with van der Waals surface area (Å²) in [5.74, 6) is -0.424. The molecule has 4 rings (SSSR count). The van der Waals surface area contributed by atoms with Crippen molar-refractivity contribution in [2.75, 3.05) is 0 Å². The molecule has 0 aliphatic carbocycles. The minimum atomic E-state index is -4.81. The molecule has 4 aromatic rings. The van der Waals surface area contributed by atoms with Crippen molar-refractivity contribution >= 4 is 32.2 Å². The van der Waals surface area contributed by atoms with Gasteiger partial charge in [0.2, 0.25) is 0 Å². The van der Waals surface area contributed by atoms with Gasteiger partial charge in [-0.25, -0.2) is 4.79 Å². The first-order valence-corrected chi connectivity index (χ1v) is 16.0. The minimum Gasteiger partial charge on any atom is -0.443 e. The Kier molecular flexibility index (Phi) is 9.18. The lowest BCUT2D eigenvalue weighted by molar-refractivity contribution is 0.0282. The summed E-state index contributed by atoms with van der Waals surface area (Å²) in [5.41, 5.74) is 0.118. The number of carbonyl (C=O) groups excluding carboxylic acids is 1. The molecule has 0 heterocycles. The average Bonchev–Trinajstić information content (AvgIpc) is 2.96. The largest absolute Gasteiger partial charge is 0.443 e. The molecule has 1 amide bonds. The molecule has 0 atom stereocenters. The van der Waals surface area contributed by atoms with Crippen LogP contribution in [0.25, 0.3) is 6.08 Å². The fraction of sp³-hybridized carbons (Fsp3) is 0.156. The van der Waals surface area contributed by atoms with Crippen LogP contribution >= 0.6 is 0 Å². The van der Waals surface area contributed by atoms with Crippen LogP contribution in [-0.4, -0.2) is 37.1 Å². The van der Waals surface area contributed by atoms with E-state index >= 15 is 0 Å². The molecular weight excluding hydrogens is 572 g/mol. The van der Waals surface area contributed by atoms with Crippen LogP contribution in [0.15, 0.2) is 137 Å². The maximum absolute atomic E-state index is 14.4. The monoisotopic (exact) mass is 604 g/mol. The van der Waals surface area contributed by atoms with E-state index in [4.69, 9.17) is 4.74 Å². The van der Waals surface area contributed by atoms with E-state index in [0.29, 0.717) is 14.8 Å². The zero-order chi connectivity index (χ0) is 30.4. The van der Waals surface area contributed by atoms with Crippen LogP contribution in [-0.2, 0) is 31.3 Å². The summed E-state index contributed by atoms with van der Waals surface area (Å²) in [5, 5.41) is 0. The van der Waals surface area contributed by atoms with E-state index in [2.05, 4.69) is 0 Å². The highest BCUT2D eigenvalue weighted by Crippen LogP contribution is 2.33. The van der Waals surface area contributed by atoms with E-state index < -0.39 is 37.6 Å². The number of rotatable bonds is 9. The van der Waals surface area contributed by atoms with Crippen molar-refractivity contribution in [2.45, 2.75) is 42.7 Å². The van der Waals surface area contributed by atoms with Crippen LogP contribution in [0.2, 0.25) is 0 Å². The normalized spacial score (nSPS) is 12.4. The van der Waals surface area contributed by atoms with E-state index in [9.17, 15) is 21.6 Å². The third-order valence-electron chi connectivity index (χ3n) is 5.88. The predicted octanol–water partition coefficient (Wildman–Crippen LogP) is 6.50. The van der Waals surface area contributed by atoms with E-state index in [1.54, 1.807) is 93.6 Å². The SMILES string of the molecule is CC(C)(C)OC(=O)N(Cc1ccccc1)/C(=C\c1ccccc1)N(S(=O)(=O)c1ccccc1)S(=O)(=O)c1ccccc1. The van der Waals surface area contributed by atoms with Crippen LogP contribution in [0.1, 0.15) is 31.9 Å². The second kappa shape index (κ2) is 12.6. The summed E-state index contributed by atoms with van der Waals surface area (Å²) in [6.07, 6.45) is 0.429. The van der Waals surface area contributed by atoms with Crippen LogP contribution in [0, 0.1) is 0 Å². The maximum atomic E-state index is 14.4. The Bertz CT molecular complexity index is 1670. The van der Waals surface area contributed by atoms with Gasteiger partial charge in [0, 0.05) is 0 Å². The standard InChI is InChI=1S/C32H32N2O6S2/c1-32(2,3)40-31(35)33(25-27-18-10-5-11-19-27)30(24-26-16-8-4-9-17-26)34(41(36,37)28-20-12-6-13-21-28)42(38,39)29-22-14-7-15-23-29/h4-24H,25H2,1-3H3/b30-24+. The van der Waals surface area contributed by atoms with E-state index in [1.165, 1.54) is 54.6 Å². The Morgan fingerprint density at radius 1 is 0.667 bits per heavy atom. The topological polar surface area (TPSA) is 101 Å². The molecule has 4 aromatic carbocycles. The van der Waals surface area contributed by atoms with Gasteiger partial charge in [0.05, 0.1) is 16.3 Å². The van der Waals surface area contributed by atoms with E-state index in [-0.39, 0.29) is 16.3 Å². The number of hydrogen-bond acceptors (Lipinski definition) is 6. The zero-order valence-corrected chi connectivity index (χ0v) is 25.1. The summed E-state index contributed by atoms with van der Waals surface area (Å²) >= 11 is 0. The molecule has 0 N–H and O–H groups in total. The van der Waals surface area contributed by atoms with Crippen molar-refractivity contribution in [1.82, 2.24) is 8.61 Å². The summed E-state index contributed by atoms with van der Waals surface area (Å²) in [4.78, 5) is 14.4. The van der Waals surface area contributed by atoms with Gasteiger partial charge in [0.25, 0.3) is 20.0 Å². The summed E-state index contributed by atoms with van der Waals surface area (Å²) in [6.45, 7) is 4.83. The quantitative estimate of drug-likeness (QED) is 0.216. The first-order chi connectivity index (χ1) is 19.9. The average molecular weight is 605 g/mol. The third kappa shape index (κ3) is 7.26. The summed E-state index contributed by atoms with van der Waals surface area (Å²) in [7, 11) is -9.63. The molecular formula is C32H32N2O6S2. The lowest BCUT2D eigenvalue weighted by atomic mass is 10.2. The van der Waals surface area contributed by atoms with E-state index in [1.807, 2.05) is 0 Å². The fourth-order valence-electron chi connectivity index (χ4n) is 4.00. The molecule has 0 saturated carbocycles. The van der Waals surface area contributed by atoms with E-state index in [0.717, 1.165) is 4.90 Å². The number of amides is 1. The second-order valence-corrected chi connectivity index (χ2v) is 14.1. The number of hydrogen-bond donors (Lipinski definition) is 0. The van der Waals surface area contributed by atoms with Crippen LogP contribution in [0.5, 0.6) is 0 Å². The number of sulfonamides is 2. The van der Waals surface area contributed by atoms with Crippen molar-refractivity contribution in [3.8, 4) is 0 Å². The number of benzene rings is 4. The smallest absolute Gasteiger partial charge is 0.416 e. The number of carbonyl (C=O) groups is 1. The first-order valence-electron chi connectivity index (χ1n) is 13.1. The number of nitrogens with zero attached hydrogens (tertiary/aromatic N) is 2. The molecule has 0 aliphatic rings. The molecule has 10 heteroatoms. The van der Waals surface area contributed by atoms with Gasteiger partial charge in [-0.1, -0.05) is 97.1 Å². The Hall–Kier alpha value is -4.41. The lowest BCUT2D eigenvalue weighted by Crippen LogP contribution is -2.46. The first kappa shape index (κ1) is 30.5. The highest BCUT2D eigenvalue weighted by molar-refractivity contribution is 8.04. The molecule has 8 nitrogen and oxygen atoms in total. The number of ether oxygens (including phenoxy) is 1. The van der Waals surface area contributed by atoms with Gasteiger partial charge >= 0.3 is 6.09 Å². The highest BCUT2D eigenvalue weighted by atomic mass is 32.3. The summed E-state index contributed by atoms with van der Waals surface area (Å²) in [6, 6.07) is 31.8. The molecule has 218 valence electrons. The molecule has 0 fully saturated rings.